The zero-order valence-electron chi connectivity index (χ0n) is 12.3. The van der Waals surface area contributed by atoms with Crippen LogP contribution in [0.15, 0.2) is 4.52 Å². The fourth-order valence-electron chi connectivity index (χ4n) is 2.40. The van der Waals surface area contributed by atoms with Crippen LogP contribution < -0.4 is 5.32 Å². The Bertz CT molecular complexity index is 404. The highest BCUT2D eigenvalue weighted by Gasteiger charge is 2.39. The van der Waals surface area contributed by atoms with Gasteiger partial charge in [-0.15, -0.1) is 0 Å². The number of nitrogens with one attached hydrogen (secondary N) is 1. The van der Waals surface area contributed by atoms with Gasteiger partial charge in [0.25, 0.3) is 0 Å². The molecule has 1 aromatic heterocycles. The van der Waals surface area contributed by atoms with Crippen LogP contribution in [0.25, 0.3) is 0 Å². The van der Waals surface area contributed by atoms with Crippen molar-refractivity contribution in [2.75, 3.05) is 41.1 Å². The highest BCUT2D eigenvalue weighted by Crippen LogP contribution is 2.33. The summed E-state index contributed by atoms with van der Waals surface area (Å²) in [6, 6.07) is 0.154. The lowest BCUT2D eigenvalue weighted by atomic mass is 9.93. The van der Waals surface area contributed by atoms with Crippen LogP contribution in [-0.4, -0.2) is 57.3 Å². The van der Waals surface area contributed by atoms with Crippen LogP contribution in [0, 0.1) is 0 Å². The van der Waals surface area contributed by atoms with E-state index in [0.29, 0.717) is 38.0 Å². The minimum absolute atomic E-state index is 0.154. The van der Waals surface area contributed by atoms with Crippen molar-refractivity contribution in [3.63, 3.8) is 0 Å². The number of nitrogens with zero attached hydrogens (tertiary/aromatic N) is 2. The Labute approximate surface area is 119 Å². The van der Waals surface area contributed by atoms with Crippen LogP contribution in [0.4, 0.5) is 0 Å². The fraction of sp³-hybridized carbons (Fsp3) is 0.846. The lowest BCUT2D eigenvalue weighted by Crippen LogP contribution is -2.36. The van der Waals surface area contributed by atoms with Gasteiger partial charge < -0.3 is 24.1 Å². The van der Waals surface area contributed by atoms with E-state index in [9.17, 15) is 0 Å². The fourth-order valence-corrected chi connectivity index (χ4v) is 2.40. The molecule has 1 fully saturated rings. The van der Waals surface area contributed by atoms with E-state index >= 15 is 0 Å². The normalized spacial score (nSPS) is 19.9. The standard InChI is InChI=1S/C13H23N3O4/c1-14-10(9-17-2)8-11-15-12(16-20-11)13(18-3)4-6-19-7-5-13/h10,14H,4-9H2,1-3H3. The summed E-state index contributed by atoms with van der Waals surface area (Å²) in [7, 11) is 5.24. The van der Waals surface area contributed by atoms with Crippen LogP contribution >= 0.6 is 0 Å². The van der Waals surface area contributed by atoms with Crippen LogP contribution in [0.1, 0.15) is 24.6 Å². The number of aromatic nitrogens is 2. The average Bonchev–Trinajstić information content (AvgIpc) is 2.96. The molecule has 7 heteroatoms. The van der Waals surface area contributed by atoms with E-state index < -0.39 is 5.60 Å². The van der Waals surface area contributed by atoms with Gasteiger partial charge in [0, 0.05) is 52.7 Å². The Kier molecular flexibility index (Phi) is 5.47. The molecule has 0 amide bonds. The monoisotopic (exact) mass is 285 g/mol. The van der Waals surface area contributed by atoms with Gasteiger partial charge in [-0.2, -0.15) is 4.98 Å². The predicted molar refractivity (Wildman–Crippen MR) is 71.5 cm³/mol. The lowest BCUT2D eigenvalue weighted by Gasteiger charge is -2.32. The van der Waals surface area contributed by atoms with Crippen molar-refractivity contribution < 1.29 is 18.7 Å². The lowest BCUT2D eigenvalue weighted by molar-refractivity contribution is -0.101. The van der Waals surface area contributed by atoms with Gasteiger partial charge in [-0.1, -0.05) is 5.16 Å². The molecule has 0 saturated carbocycles. The Hall–Kier alpha value is -1.02. The first kappa shape index (κ1) is 15.4. The van der Waals surface area contributed by atoms with Crippen molar-refractivity contribution in [2.45, 2.75) is 30.9 Å². The maximum Gasteiger partial charge on any atom is 0.228 e. The van der Waals surface area contributed by atoms with E-state index in [1.807, 2.05) is 7.05 Å². The van der Waals surface area contributed by atoms with Gasteiger partial charge in [-0.05, 0) is 7.05 Å². The van der Waals surface area contributed by atoms with Crippen molar-refractivity contribution in [3.05, 3.63) is 11.7 Å². The summed E-state index contributed by atoms with van der Waals surface area (Å²) in [5, 5.41) is 7.25. The highest BCUT2D eigenvalue weighted by molar-refractivity contribution is 5.03. The summed E-state index contributed by atoms with van der Waals surface area (Å²) in [5.74, 6) is 1.21. The molecule has 0 spiro atoms. The first-order chi connectivity index (χ1) is 9.74. The SMILES string of the molecule is CNC(COC)Cc1nc(C2(OC)CCOCC2)no1. The molecule has 1 unspecified atom stereocenters. The largest absolute Gasteiger partial charge is 0.383 e. The molecule has 1 atom stereocenters. The molecule has 7 nitrogen and oxygen atoms in total. The van der Waals surface area contributed by atoms with Crippen molar-refractivity contribution in [1.82, 2.24) is 15.5 Å². The number of likely N-dealkylation sites (N-methyl/N-ethyl adjacent to an activating group) is 1. The van der Waals surface area contributed by atoms with Crippen LogP contribution in [0.2, 0.25) is 0 Å². The first-order valence-electron chi connectivity index (χ1n) is 6.86. The Balaban J connectivity index is 2.07. The zero-order valence-corrected chi connectivity index (χ0v) is 12.3. The quantitative estimate of drug-likeness (QED) is 0.781. The van der Waals surface area contributed by atoms with Gasteiger partial charge in [-0.3, -0.25) is 0 Å². The first-order valence-corrected chi connectivity index (χ1v) is 6.86. The Morgan fingerprint density at radius 1 is 1.35 bits per heavy atom. The van der Waals surface area contributed by atoms with Crippen LogP contribution in [-0.2, 0) is 26.2 Å². The molecule has 0 radical (unpaired) electrons. The van der Waals surface area contributed by atoms with Crippen molar-refractivity contribution in [2.24, 2.45) is 0 Å². The summed E-state index contributed by atoms with van der Waals surface area (Å²) in [5.41, 5.74) is -0.476. The minimum Gasteiger partial charge on any atom is -0.383 e. The molecule has 0 aromatic carbocycles. The molecular weight excluding hydrogens is 262 g/mol. The Morgan fingerprint density at radius 2 is 2.10 bits per heavy atom. The zero-order chi connectivity index (χ0) is 14.4. The van der Waals surface area contributed by atoms with Crippen LogP contribution in [0.5, 0.6) is 0 Å². The van der Waals surface area contributed by atoms with Gasteiger partial charge in [0.1, 0.15) is 5.60 Å². The third-order valence-electron chi connectivity index (χ3n) is 3.76. The van der Waals surface area contributed by atoms with E-state index in [2.05, 4.69) is 15.5 Å². The average molecular weight is 285 g/mol. The molecule has 2 rings (SSSR count). The van der Waals surface area contributed by atoms with E-state index in [4.69, 9.17) is 18.7 Å². The van der Waals surface area contributed by atoms with E-state index in [1.165, 1.54) is 0 Å². The van der Waals surface area contributed by atoms with Crippen molar-refractivity contribution >= 4 is 0 Å². The molecule has 0 bridgehead atoms. The third-order valence-corrected chi connectivity index (χ3v) is 3.76. The molecule has 20 heavy (non-hydrogen) atoms. The van der Waals surface area contributed by atoms with Gasteiger partial charge in [0.05, 0.1) is 6.61 Å². The molecule has 1 aromatic rings. The third kappa shape index (κ3) is 3.35. The summed E-state index contributed by atoms with van der Waals surface area (Å²) >= 11 is 0. The number of rotatable bonds is 7. The topological polar surface area (TPSA) is 78.6 Å². The van der Waals surface area contributed by atoms with E-state index in [1.54, 1.807) is 14.2 Å². The van der Waals surface area contributed by atoms with Crippen LogP contribution in [0.3, 0.4) is 0 Å². The molecule has 1 saturated heterocycles. The number of hydrogen-bond acceptors (Lipinski definition) is 7. The second-order valence-electron chi connectivity index (χ2n) is 4.97. The highest BCUT2D eigenvalue weighted by atomic mass is 16.5. The second kappa shape index (κ2) is 7.12. The van der Waals surface area contributed by atoms with Gasteiger partial charge in [-0.25, -0.2) is 0 Å². The molecule has 0 aliphatic carbocycles. The molecule has 1 aliphatic heterocycles. The van der Waals surface area contributed by atoms with Gasteiger partial charge >= 0.3 is 0 Å². The maximum atomic E-state index is 5.65. The molecule has 1 N–H and O–H groups in total. The number of hydrogen-bond donors (Lipinski definition) is 1. The van der Waals surface area contributed by atoms with E-state index in [0.717, 1.165) is 12.8 Å². The molecule has 2 heterocycles. The second-order valence-corrected chi connectivity index (χ2v) is 4.97. The summed E-state index contributed by atoms with van der Waals surface area (Å²) in [4.78, 5) is 4.49. The summed E-state index contributed by atoms with van der Waals surface area (Å²) in [6.45, 7) is 1.90. The maximum absolute atomic E-state index is 5.65. The van der Waals surface area contributed by atoms with E-state index in [-0.39, 0.29) is 6.04 Å². The predicted octanol–water partition coefficient (Wildman–Crippen LogP) is 0.499. The molecule has 114 valence electrons. The smallest absolute Gasteiger partial charge is 0.228 e. The number of ether oxygens (including phenoxy) is 3. The summed E-state index contributed by atoms with van der Waals surface area (Å²) in [6.07, 6.45) is 2.12. The summed E-state index contributed by atoms with van der Waals surface area (Å²) < 4.78 is 21.5. The molecule has 1 aliphatic rings. The Morgan fingerprint density at radius 3 is 2.70 bits per heavy atom. The van der Waals surface area contributed by atoms with Crippen molar-refractivity contribution in [1.29, 1.82) is 0 Å². The van der Waals surface area contributed by atoms with Gasteiger partial charge in [0.15, 0.2) is 0 Å². The van der Waals surface area contributed by atoms with Gasteiger partial charge in [0.2, 0.25) is 11.7 Å². The number of methoxy groups -OCH3 is 2. The molecular formula is C13H23N3O4. The minimum atomic E-state index is -0.476. The van der Waals surface area contributed by atoms with Crippen molar-refractivity contribution in [3.8, 4) is 0 Å².